The Morgan fingerprint density at radius 3 is 2.67 bits per heavy atom. The number of pyridine rings is 1. The average Bonchev–Trinajstić information content (AvgIpc) is 2.49. The highest BCUT2D eigenvalue weighted by molar-refractivity contribution is 6.04. The van der Waals surface area contributed by atoms with Crippen LogP contribution in [-0.4, -0.2) is 15.8 Å². The summed E-state index contributed by atoms with van der Waals surface area (Å²) in [7, 11) is 0. The molecule has 0 saturated heterocycles. The maximum absolute atomic E-state index is 12.1. The number of anilines is 2. The first-order chi connectivity index (χ1) is 10.0. The van der Waals surface area contributed by atoms with Gasteiger partial charge in [-0.1, -0.05) is 6.07 Å². The molecule has 0 aliphatic rings. The van der Waals surface area contributed by atoms with Gasteiger partial charge in [0.25, 0.3) is 11.6 Å². The van der Waals surface area contributed by atoms with E-state index in [-0.39, 0.29) is 5.69 Å². The van der Waals surface area contributed by atoms with E-state index in [1.165, 1.54) is 18.3 Å². The maximum atomic E-state index is 12.1. The van der Waals surface area contributed by atoms with Gasteiger partial charge < -0.3 is 10.7 Å². The molecule has 0 aliphatic heterocycles. The molecule has 1 heterocycles. The Labute approximate surface area is 120 Å². The van der Waals surface area contributed by atoms with E-state index in [0.29, 0.717) is 22.6 Å². The molecule has 0 fully saturated rings. The number of nitrogen functional groups attached to an aromatic ring is 1. The summed E-state index contributed by atoms with van der Waals surface area (Å²) in [5.74, 6) is 5.21. The number of amides is 1. The Kier molecular flexibility index (Phi) is 4.10. The molecule has 0 bridgehead atoms. The predicted octanol–water partition coefficient (Wildman–Crippen LogP) is 1.84. The highest BCUT2D eigenvalue weighted by atomic mass is 16.6. The average molecular weight is 287 g/mol. The van der Waals surface area contributed by atoms with Crippen LogP contribution in [0.4, 0.5) is 17.2 Å². The van der Waals surface area contributed by atoms with Gasteiger partial charge in [0.1, 0.15) is 5.82 Å². The summed E-state index contributed by atoms with van der Waals surface area (Å²) < 4.78 is 0. The van der Waals surface area contributed by atoms with Gasteiger partial charge in [0.15, 0.2) is 0 Å². The van der Waals surface area contributed by atoms with Gasteiger partial charge in [-0.25, -0.2) is 10.8 Å². The number of carbonyl (C=O) groups excluding carboxylic acids is 1. The summed E-state index contributed by atoms with van der Waals surface area (Å²) in [6.45, 7) is 1.58. The lowest BCUT2D eigenvalue weighted by molar-refractivity contribution is -0.385. The third-order valence-electron chi connectivity index (χ3n) is 2.92. The molecule has 2 aromatic rings. The van der Waals surface area contributed by atoms with Crippen molar-refractivity contribution >= 4 is 23.1 Å². The van der Waals surface area contributed by atoms with Crippen molar-refractivity contribution in [1.29, 1.82) is 0 Å². The van der Waals surface area contributed by atoms with Crippen molar-refractivity contribution in [3.8, 4) is 0 Å². The molecule has 4 N–H and O–H groups in total. The zero-order chi connectivity index (χ0) is 15.4. The van der Waals surface area contributed by atoms with Crippen molar-refractivity contribution in [3.05, 3.63) is 57.8 Å². The number of hydrazine groups is 1. The number of benzene rings is 1. The second-order valence-corrected chi connectivity index (χ2v) is 4.24. The summed E-state index contributed by atoms with van der Waals surface area (Å²) in [4.78, 5) is 26.4. The number of rotatable bonds is 4. The van der Waals surface area contributed by atoms with Crippen LogP contribution in [0.15, 0.2) is 36.5 Å². The second kappa shape index (κ2) is 5.97. The summed E-state index contributed by atoms with van der Waals surface area (Å²) in [6.07, 6.45) is 1.36. The third-order valence-corrected chi connectivity index (χ3v) is 2.92. The molecule has 2 rings (SSSR count). The SMILES string of the molecule is Cc1c(NC(=O)c2ccc(NN)nc2)cccc1[N+](=O)[O-]. The Morgan fingerprint density at radius 1 is 1.33 bits per heavy atom. The van der Waals surface area contributed by atoms with Gasteiger partial charge in [-0.2, -0.15) is 0 Å². The number of hydrogen-bond donors (Lipinski definition) is 3. The highest BCUT2D eigenvalue weighted by Gasteiger charge is 2.15. The molecule has 1 amide bonds. The standard InChI is InChI=1S/C13H13N5O3/c1-8-10(3-2-4-11(8)18(20)21)16-13(19)9-5-6-12(17-14)15-7-9/h2-7H,14H2,1H3,(H,15,17)(H,16,19). The first-order valence-corrected chi connectivity index (χ1v) is 6.01. The van der Waals surface area contributed by atoms with Crippen molar-refractivity contribution < 1.29 is 9.72 Å². The third kappa shape index (κ3) is 3.12. The fraction of sp³-hybridized carbons (Fsp3) is 0.0769. The molecular weight excluding hydrogens is 274 g/mol. The number of carbonyl (C=O) groups is 1. The number of nitrogens with two attached hydrogens (primary N) is 1. The fourth-order valence-corrected chi connectivity index (χ4v) is 1.76. The molecule has 0 aliphatic carbocycles. The van der Waals surface area contributed by atoms with E-state index in [0.717, 1.165) is 0 Å². The van der Waals surface area contributed by atoms with Crippen LogP contribution < -0.4 is 16.6 Å². The Bertz CT molecular complexity index is 685. The molecule has 0 unspecified atom stereocenters. The van der Waals surface area contributed by atoms with E-state index in [1.54, 1.807) is 25.1 Å². The van der Waals surface area contributed by atoms with Crippen LogP contribution >= 0.6 is 0 Å². The van der Waals surface area contributed by atoms with Gasteiger partial charge >= 0.3 is 0 Å². The van der Waals surface area contributed by atoms with E-state index in [9.17, 15) is 14.9 Å². The molecule has 0 spiro atoms. The number of nitrogens with zero attached hydrogens (tertiary/aromatic N) is 2. The van der Waals surface area contributed by atoms with Crippen LogP contribution in [0, 0.1) is 17.0 Å². The van der Waals surface area contributed by atoms with Crippen LogP contribution in [0.3, 0.4) is 0 Å². The van der Waals surface area contributed by atoms with Crippen LogP contribution in [0.25, 0.3) is 0 Å². The number of hydrogen-bond acceptors (Lipinski definition) is 6. The first-order valence-electron chi connectivity index (χ1n) is 6.01. The topological polar surface area (TPSA) is 123 Å². The predicted molar refractivity (Wildman–Crippen MR) is 77.8 cm³/mol. The lowest BCUT2D eigenvalue weighted by atomic mass is 10.1. The van der Waals surface area contributed by atoms with Gasteiger partial charge in [0.05, 0.1) is 21.7 Å². The molecule has 1 aromatic heterocycles. The van der Waals surface area contributed by atoms with Gasteiger partial charge in [0, 0.05) is 12.3 Å². The fourth-order valence-electron chi connectivity index (χ4n) is 1.76. The molecule has 0 saturated carbocycles. The van der Waals surface area contributed by atoms with Crippen molar-refractivity contribution in [3.63, 3.8) is 0 Å². The number of nitro benzene ring substituents is 1. The van der Waals surface area contributed by atoms with Crippen LogP contribution in [-0.2, 0) is 0 Å². The van der Waals surface area contributed by atoms with Gasteiger partial charge in [0.2, 0.25) is 0 Å². The molecule has 1 aromatic carbocycles. The molecule has 8 heteroatoms. The summed E-state index contributed by atoms with van der Waals surface area (Å²) in [5.41, 5.74) is 3.40. The van der Waals surface area contributed by atoms with Gasteiger partial charge in [-0.05, 0) is 25.1 Å². The van der Waals surface area contributed by atoms with E-state index in [1.807, 2.05) is 0 Å². The zero-order valence-corrected chi connectivity index (χ0v) is 11.2. The largest absolute Gasteiger partial charge is 0.321 e. The minimum Gasteiger partial charge on any atom is -0.321 e. The Hall–Kier alpha value is -3.00. The summed E-state index contributed by atoms with van der Waals surface area (Å²) in [6, 6.07) is 7.59. The molecular formula is C13H13N5O3. The van der Waals surface area contributed by atoms with Gasteiger partial charge in [-0.3, -0.25) is 14.9 Å². The van der Waals surface area contributed by atoms with Crippen molar-refractivity contribution in [2.75, 3.05) is 10.7 Å². The second-order valence-electron chi connectivity index (χ2n) is 4.24. The molecule has 108 valence electrons. The highest BCUT2D eigenvalue weighted by Crippen LogP contribution is 2.25. The Morgan fingerprint density at radius 2 is 2.10 bits per heavy atom. The zero-order valence-electron chi connectivity index (χ0n) is 11.2. The van der Waals surface area contributed by atoms with Crippen LogP contribution in [0.2, 0.25) is 0 Å². The van der Waals surface area contributed by atoms with Crippen LogP contribution in [0.5, 0.6) is 0 Å². The van der Waals surface area contributed by atoms with Crippen molar-refractivity contribution in [1.82, 2.24) is 4.98 Å². The normalized spacial score (nSPS) is 10.0. The molecule has 21 heavy (non-hydrogen) atoms. The van der Waals surface area contributed by atoms with E-state index in [2.05, 4.69) is 15.7 Å². The number of nitro groups is 1. The smallest absolute Gasteiger partial charge is 0.274 e. The summed E-state index contributed by atoms with van der Waals surface area (Å²) >= 11 is 0. The minimum absolute atomic E-state index is 0.0476. The Balaban J connectivity index is 2.23. The molecule has 0 atom stereocenters. The first kappa shape index (κ1) is 14.4. The number of aromatic nitrogens is 1. The van der Waals surface area contributed by atoms with E-state index < -0.39 is 10.8 Å². The van der Waals surface area contributed by atoms with Crippen LogP contribution in [0.1, 0.15) is 15.9 Å². The summed E-state index contributed by atoms with van der Waals surface area (Å²) in [5, 5.41) is 13.5. The maximum Gasteiger partial charge on any atom is 0.274 e. The lowest BCUT2D eigenvalue weighted by Gasteiger charge is -2.08. The monoisotopic (exact) mass is 287 g/mol. The van der Waals surface area contributed by atoms with E-state index >= 15 is 0 Å². The van der Waals surface area contributed by atoms with E-state index in [4.69, 9.17) is 5.84 Å². The molecule has 8 nitrogen and oxygen atoms in total. The van der Waals surface area contributed by atoms with Crippen molar-refractivity contribution in [2.24, 2.45) is 5.84 Å². The van der Waals surface area contributed by atoms with Crippen molar-refractivity contribution in [2.45, 2.75) is 6.92 Å². The molecule has 0 radical (unpaired) electrons. The number of nitrogens with one attached hydrogen (secondary N) is 2. The van der Waals surface area contributed by atoms with Gasteiger partial charge in [-0.15, -0.1) is 0 Å². The minimum atomic E-state index is -0.492. The quantitative estimate of drug-likeness (QED) is 0.448. The lowest BCUT2D eigenvalue weighted by Crippen LogP contribution is -2.14.